The molecule has 1 heterocycles. The van der Waals surface area contributed by atoms with Crippen molar-refractivity contribution in [2.24, 2.45) is 16.2 Å². The molecule has 0 bridgehead atoms. The SMILES string of the molecule is CCn1c(-c2ccccc2)cc2ccc(OC(C)(C)CC(C)(C)OC(=O)C(C)(CC(C)(C)C)C(C)(C)C)cc21. The minimum atomic E-state index is -0.695. The van der Waals surface area contributed by atoms with E-state index in [4.69, 9.17) is 9.47 Å². The van der Waals surface area contributed by atoms with Crippen molar-refractivity contribution < 1.29 is 14.3 Å². The third-order valence-electron chi connectivity index (χ3n) is 7.87. The number of aryl methyl sites for hydroxylation is 1. The van der Waals surface area contributed by atoms with Crippen molar-refractivity contribution in [3.63, 3.8) is 0 Å². The Kier molecular flexibility index (Phi) is 8.42. The van der Waals surface area contributed by atoms with Crippen LogP contribution in [0.1, 0.15) is 95.9 Å². The van der Waals surface area contributed by atoms with E-state index in [0.717, 1.165) is 24.2 Å². The third kappa shape index (κ3) is 7.26. The van der Waals surface area contributed by atoms with Crippen LogP contribution in [0.2, 0.25) is 0 Å². The van der Waals surface area contributed by atoms with E-state index in [1.807, 2.05) is 26.0 Å². The largest absolute Gasteiger partial charge is 0.488 e. The van der Waals surface area contributed by atoms with E-state index >= 15 is 0 Å². The predicted molar refractivity (Wildman–Crippen MR) is 164 cm³/mol. The Morgan fingerprint density at radius 2 is 1.38 bits per heavy atom. The van der Waals surface area contributed by atoms with Crippen LogP contribution in [0.5, 0.6) is 5.75 Å². The van der Waals surface area contributed by atoms with Crippen molar-refractivity contribution >= 4 is 16.9 Å². The van der Waals surface area contributed by atoms with E-state index in [1.165, 1.54) is 16.6 Å². The lowest BCUT2D eigenvalue weighted by molar-refractivity contribution is -0.181. The van der Waals surface area contributed by atoms with Crippen molar-refractivity contribution in [1.29, 1.82) is 0 Å². The van der Waals surface area contributed by atoms with Crippen molar-refractivity contribution in [2.75, 3.05) is 0 Å². The Bertz CT molecular complexity index is 1290. The molecule has 3 aromatic rings. The molecule has 1 unspecified atom stereocenters. The number of carbonyl (C=O) groups excluding carboxylic acids is 1. The monoisotopic (exact) mass is 533 g/mol. The van der Waals surface area contributed by atoms with E-state index in [9.17, 15) is 4.79 Å². The Balaban J connectivity index is 1.82. The van der Waals surface area contributed by atoms with Crippen LogP contribution in [-0.2, 0) is 16.1 Å². The van der Waals surface area contributed by atoms with Crippen LogP contribution in [0.25, 0.3) is 22.2 Å². The molecular formula is C35H51NO3. The van der Waals surface area contributed by atoms with Crippen molar-refractivity contribution in [2.45, 2.75) is 114 Å². The van der Waals surface area contributed by atoms with Gasteiger partial charge in [0, 0.05) is 30.1 Å². The maximum absolute atomic E-state index is 13.7. The molecule has 0 aliphatic carbocycles. The van der Waals surface area contributed by atoms with Gasteiger partial charge in [-0.1, -0.05) is 71.9 Å². The smallest absolute Gasteiger partial charge is 0.312 e. The van der Waals surface area contributed by atoms with Gasteiger partial charge in [0.25, 0.3) is 0 Å². The molecule has 0 fully saturated rings. The second-order valence-corrected chi connectivity index (χ2v) is 14.9. The molecule has 0 amide bonds. The van der Waals surface area contributed by atoms with Crippen LogP contribution in [-0.4, -0.2) is 21.7 Å². The van der Waals surface area contributed by atoms with Crippen LogP contribution < -0.4 is 4.74 Å². The molecule has 0 N–H and O–H groups in total. The van der Waals surface area contributed by atoms with Crippen LogP contribution in [0.4, 0.5) is 0 Å². The highest BCUT2D eigenvalue weighted by Crippen LogP contribution is 2.48. The number of hydrogen-bond donors (Lipinski definition) is 0. The number of esters is 1. The lowest BCUT2D eigenvalue weighted by Gasteiger charge is -2.45. The average Bonchev–Trinajstić information content (AvgIpc) is 3.14. The molecule has 0 aliphatic rings. The fourth-order valence-electron chi connectivity index (χ4n) is 5.97. The predicted octanol–water partition coefficient (Wildman–Crippen LogP) is 9.69. The molecular weight excluding hydrogens is 482 g/mol. The Hall–Kier alpha value is -2.75. The van der Waals surface area contributed by atoms with Crippen LogP contribution in [0, 0.1) is 16.2 Å². The molecule has 0 aliphatic heterocycles. The van der Waals surface area contributed by atoms with Crippen molar-refractivity contribution in [3.05, 3.63) is 54.6 Å². The molecule has 0 spiro atoms. The number of nitrogens with zero attached hydrogens (tertiary/aromatic N) is 1. The summed E-state index contributed by atoms with van der Waals surface area (Å²) in [6, 6.07) is 19.0. The standard InChI is InChI=1S/C35H51NO3/c1-13-36-28(25-17-15-14-16-18-25)21-26-19-20-27(22-29(26)36)38-33(8,9)24-34(10,11)39-30(37)35(12,32(5,6)7)23-31(2,3)4/h14-22H,13,23-24H2,1-12H3. The summed E-state index contributed by atoms with van der Waals surface area (Å²) < 4.78 is 15.2. The van der Waals surface area contributed by atoms with Crippen molar-refractivity contribution in [1.82, 2.24) is 4.57 Å². The molecule has 0 saturated carbocycles. The van der Waals surface area contributed by atoms with E-state index in [2.05, 4.69) is 116 Å². The summed E-state index contributed by atoms with van der Waals surface area (Å²) in [6.45, 7) is 26.2. The van der Waals surface area contributed by atoms with Gasteiger partial charge < -0.3 is 14.0 Å². The summed E-state index contributed by atoms with van der Waals surface area (Å²) in [5.41, 5.74) is 1.47. The molecule has 4 heteroatoms. The number of hydrogen-bond acceptors (Lipinski definition) is 3. The third-order valence-corrected chi connectivity index (χ3v) is 7.87. The molecule has 0 saturated heterocycles. The number of ether oxygens (including phenoxy) is 2. The van der Waals surface area contributed by atoms with Gasteiger partial charge in [-0.05, 0) is 82.6 Å². The van der Waals surface area contributed by atoms with Gasteiger partial charge in [0.15, 0.2) is 0 Å². The average molecular weight is 534 g/mol. The van der Waals surface area contributed by atoms with Gasteiger partial charge in [-0.15, -0.1) is 0 Å². The van der Waals surface area contributed by atoms with E-state index in [-0.39, 0.29) is 16.8 Å². The van der Waals surface area contributed by atoms with Gasteiger partial charge in [0.2, 0.25) is 0 Å². The number of rotatable bonds is 9. The number of fused-ring (bicyclic) bond motifs is 1. The molecule has 1 aromatic heterocycles. The zero-order valence-corrected chi connectivity index (χ0v) is 26.5. The van der Waals surface area contributed by atoms with Crippen LogP contribution in [0.15, 0.2) is 54.6 Å². The zero-order chi connectivity index (χ0) is 29.4. The second kappa shape index (κ2) is 10.7. The van der Waals surface area contributed by atoms with Gasteiger partial charge in [0.1, 0.15) is 17.0 Å². The summed E-state index contributed by atoms with van der Waals surface area (Å²) in [5.74, 6) is 0.677. The molecule has 1 atom stereocenters. The number of benzene rings is 2. The van der Waals surface area contributed by atoms with Gasteiger partial charge in [-0.2, -0.15) is 0 Å². The van der Waals surface area contributed by atoms with E-state index in [0.29, 0.717) is 6.42 Å². The molecule has 39 heavy (non-hydrogen) atoms. The minimum Gasteiger partial charge on any atom is -0.488 e. The molecule has 4 nitrogen and oxygen atoms in total. The second-order valence-electron chi connectivity index (χ2n) is 14.9. The quantitative estimate of drug-likeness (QED) is 0.257. The van der Waals surface area contributed by atoms with Crippen LogP contribution >= 0.6 is 0 Å². The highest BCUT2D eigenvalue weighted by Gasteiger charge is 2.49. The Morgan fingerprint density at radius 1 is 0.769 bits per heavy atom. The lowest BCUT2D eigenvalue weighted by atomic mass is 9.61. The van der Waals surface area contributed by atoms with Gasteiger partial charge in [-0.3, -0.25) is 4.79 Å². The highest BCUT2D eigenvalue weighted by molar-refractivity contribution is 5.88. The molecule has 3 rings (SSSR count). The number of aromatic nitrogens is 1. The van der Waals surface area contributed by atoms with Gasteiger partial charge >= 0.3 is 5.97 Å². The minimum absolute atomic E-state index is 0.00273. The van der Waals surface area contributed by atoms with E-state index < -0.39 is 16.6 Å². The first-order valence-corrected chi connectivity index (χ1v) is 14.4. The maximum atomic E-state index is 13.7. The fourth-order valence-corrected chi connectivity index (χ4v) is 5.97. The molecule has 0 radical (unpaired) electrons. The van der Waals surface area contributed by atoms with Crippen LogP contribution in [0.3, 0.4) is 0 Å². The maximum Gasteiger partial charge on any atom is 0.312 e. The van der Waals surface area contributed by atoms with Gasteiger partial charge in [-0.25, -0.2) is 0 Å². The summed E-state index contributed by atoms with van der Waals surface area (Å²) in [5, 5.41) is 1.19. The topological polar surface area (TPSA) is 40.5 Å². The molecule has 2 aromatic carbocycles. The normalized spacial score (nSPS) is 14.8. The summed E-state index contributed by atoms with van der Waals surface area (Å²) in [7, 11) is 0. The fraction of sp³-hybridized carbons (Fsp3) is 0.571. The first-order valence-electron chi connectivity index (χ1n) is 14.4. The van der Waals surface area contributed by atoms with Crippen molar-refractivity contribution in [3.8, 4) is 17.0 Å². The van der Waals surface area contributed by atoms with E-state index in [1.54, 1.807) is 0 Å². The highest BCUT2D eigenvalue weighted by atomic mass is 16.6. The number of carbonyl (C=O) groups is 1. The summed E-state index contributed by atoms with van der Waals surface area (Å²) in [4.78, 5) is 13.7. The summed E-state index contributed by atoms with van der Waals surface area (Å²) in [6.07, 6.45) is 1.31. The Labute approximate surface area is 237 Å². The first kappa shape index (κ1) is 30.8. The zero-order valence-electron chi connectivity index (χ0n) is 26.5. The lowest BCUT2D eigenvalue weighted by Crippen LogP contribution is -2.48. The molecule has 214 valence electrons. The van der Waals surface area contributed by atoms with Gasteiger partial charge in [0.05, 0.1) is 10.9 Å². The Morgan fingerprint density at radius 3 is 1.92 bits per heavy atom. The first-order chi connectivity index (χ1) is 17.8. The summed E-state index contributed by atoms with van der Waals surface area (Å²) >= 11 is 0.